The molecule has 0 saturated heterocycles. The van der Waals surface area contributed by atoms with Gasteiger partial charge < -0.3 is 9.88 Å². The predicted octanol–water partition coefficient (Wildman–Crippen LogP) is 1.86. The number of benzene rings is 1. The third-order valence-corrected chi connectivity index (χ3v) is 4.44. The third-order valence-electron chi connectivity index (χ3n) is 4.44. The number of nitrogens with zero attached hydrogens (tertiary/aromatic N) is 5. The Morgan fingerprint density at radius 3 is 3.00 bits per heavy atom. The first kappa shape index (κ1) is 14.6. The van der Waals surface area contributed by atoms with Gasteiger partial charge in [0.05, 0.1) is 6.54 Å². The first-order chi connectivity index (χ1) is 11.8. The van der Waals surface area contributed by atoms with Gasteiger partial charge in [-0.1, -0.05) is 24.3 Å². The minimum absolute atomic E-state index is 0.139. The minimum Gasteiger partial charge on any atom is -0.361 e. The normalized spacial score (nSPS) is 14.8. The lowest BCUT2D eigenvalue weighted by molar-refractivity contribution is -0.131. The monoisotopic (exact) mass is 322 g/mol. The van der Waals surface area contributed by atoms with Crippen LogP contribution in [-0.4, -0.2) is 49.1 Å². The summed E-state index contributed by atoms with van der Waals surface area (Å²) < 4.78 is 1.58. The van der Waals surface area contributed by atoms with E-state index in [4.69, 9.17) is 0 Å². The summed E-state index contributed by atoms with van der Waals surface area (Å²) in [7, 11) is 0. The lowest BCUT2D eigenvalue weighted by Gasteiger charge is -2.26. The van der Waals surface area contributed by atoms with Crippen molar-refractivity contribution in [3.05, 3.63) is 48.4 Å². The summed E-state index contributed by atoms with van der Waals surface area (Å²) in [5.74, 6) is 0.139. The van der Waals surface area contributed by atoms with Crippen LogP contribution >= 0.6 is 0 Å². The Hall–Kier alpha value is -2.96. The minimum atomic E-state index is 0.139. The highest BCUT2D eigenvalue weighted by molar-refractivity contribution is 5.93. The molecule has 7 nitrogen and oxygen atoms in total. The molecule has 7 heteroatoms. The average Bonchev–Trinajstić information content (AvgIpc) is 3.29. The summed E-state index contributed by atoms with van der Waals surface area (Å²) >= 11 is 0. The maximum absolute atomic E-state index is 12.3. The predicted molar refractivity (Wildman–Crippen MR) is 89.9 cm³/mol. The fourth-order valence-corrected chi connectivity index (χ4v) is 3.13. The Kier molecular flexibility index (Phi) is 3.82. The number of aromatic nitrogens is 5. The zero-order chi connectivity index (χ0) is 16.4. The molecule has 3 heterocycles. The van der Waals surface area contributed by atoms with Crippen molar-refractivity contribution >= 4 is 22.4 Å². The van der Waals surface area contributed by atoms with Gasteiger partial charge in [-0.25, -0.2) is 4.68 Å². The number of nitrogens with one attached hydrogen (secondary N) is 1. The van der Waals surface area contributed by atoms with Crippen molar-refractivity contribution in [2.75, 3.05) is 13.1 Å². The SMILES string of the molecule is O=C(CCn1cnnn1)N1CC=C(c2c[nH]c3ccccc23)CC1. The second-order valence-corrected chi connectivity index (χ2v) is 5.89. The van der Waals surface area contributed by atoms with E-state index < -0.39 is 0 Å². The zero-order valence-electron chi connectivity index (χ0n) is 13.2. The fourth-order valence-electron chi connectivity index (χ4n) is 3.13. The first-order valence-electron chi connectivity index (χ1n) is 8.05. The van der Waals surface area contributed by atoms with Crippen molar-refractivity contribution in [1.82, 2.24) is 30.1 Å². The number of tetrazole rings is 1. The number of H-pyrrole nitrogens is 1. The van der Waals surface area contributed by atoms with Crippen LogP contribution in [0.2, 0.25) is 0 Å². The van der Waals surface area contributed by atoms with Crippen LogP contribution in [0.1, 0.15) is 18.4 Å². The van der Waals surface area contributed by atoms with E-state index in [1.807, 2.05) is 11.0 Å². The molecule has 24 heavy (non-hydrogen) atoms. The molecule has 0 aliphatic carbocycles. The molecule has 1 N–H and O–H groups in total. The highest BCUT2D eigenvalue weighted by Crippen LogP contribution is 2.29. The molecule has 0 fully saturated rings. The molecule has 1 aromatic carbocycles. The molecule has 0 atom stereocenters. The van der Waals surface area contributed by atoms with E-state index in [1.165, 1.54) is 22.9 Å². The third kappa shape index (κ3) is 2.80. The van der Waals surface area contributed by atoms with E-state index in [1.54, 1.807) is 4.68 Å². The summed E-state index contributed by atoms with van der Waals surface area (Å²) in [5.41, 5.74) is 3.69. The number of carbonyl (C=O) groups is 1. The van der Waals surface area contributed by atoms with Crippen LogP contribution in [-0.2, 0) is 11.3 Å². The van der Waals surface area contributed by atoms with Crippen molar-refractivity contribution in [2.24, 2.45) is 0 Å². The highest BCUT2D eigenvalue weighted by atomic mass is 16.2. The van der Waals surface area contributed by atoms with Gasteiger partial charge in [-0.15, -0.1) is 5.10 Å². The summed E-state index contributed by atoms with van der Waals surface area (Å²) in [6, 6.07) is 8.30. The summed E-state index contributed by atoms with van der Waals surface area (Å²) in [4.78, 5) is 17.5. The molecule has 4 rings (SSSR count). The van der Waals surface area contributed by atoms with Gasteiger partial charge in [0, 0.05) is 42.2 Å². The zero-order valence-corrected chi connectivity index (χ0v) is 13.2. The van der Waals surface area contributed by atoms with Crippen LogP contribution in [0.5, 0.6) is 0 Å². The Balaban J connectivity index is 1.42. The van der Waals surface area contributed by atoms with Crippen molar-refractivity contribution in [3.8, 4) is 0 Å². The molecule has 3 aromatic rings. The number of hydrogen-bond donors (Lipinski definition) is 1. The number of rotatable bonds is 4. The van der Waals surface area contributed by atoms with E-state index in [2.05, 4.69) is 51.0 Å². The molecule has 0 bridgehead atoms. The number of hydrogen-bond acceptors (Lipinski definition) is 4. The summed E-state index contributed by atoms with van der Waals surface area (Å²) in [6.07, 6.45) is 7.04. The molecular weight excluding hydrogens is 304 g/mol. The molecule has 2 aromatic heterocycles. The van der Waals surface area contributed by atoms with Crippen molar-refractivity contribution in [2.45, 2.75) is 19.4 Å². The molecule has 0 saturated carbocycles. The van der Waals surface area contributed by atoms with Gasteiger partial charge in [0.1, 0.15) is 6.33 Å². The molecular formula is C17H18N6O. The van der Waals surface area contributed by atoms with Gasteiger partial charge in [-0.05, 0) is 28.5 Å². The van der Waals surface area contributed by atoms with Gasteiger partial charge in [-0.3, -0.25) is 4.79 Å². The van der Waals surface area contributed by atoms with E-state index >= 15 is 0 Å². The van der Waals surface area contributed by atoms with Crippen LogP contribution in [0.15, 0.2) is 42.9 Å². The first-order valence-corrected chi connectivity index (χ1v) is 8.05. The molecule has 0 radical (unpaired) electrons. The Morgan fingerprint density at radius 2 is 2.21 bits per heavy atom. The van der Waals surface area contributed by atoms with Gasteiger partial charge in [0.15, 0.2) is 0 Å². The Morgan fingerprint density at radius 1 is 1.29 bits per heavy atom. The Labute approximate surface area is 139 Å². The highest BCUT2D eigenvalue weighted by Gasteiger charge is 2.19. The number of para-hydroxylation sites is 1. The summed E-state index contributed by atoms with van der Waals surface area (Å²) in [6.45, 7) is 1.92. The number of fused-ring (bicyclic) bond motifs is 1. The van der Waals surface area contributed by atoms with E-state index in [-0.39, 0.29) is 5.91 Å². The van der Waals surface area contributed by atoms with Crippen molar-refractivity contribution in [3.63, 3.8) is 0 Å². The smallest absolute Gasteiger partial charge is 0.224 e. The quantitative estimate of drug-likeness (QED) is 0.795. The van der Waals surface area contributed by atoms with E-state index in [0.717, 1.165) is 18.5 Å². The van der Waals surface area contributed by atoms with Crippen LogP contribution in [0.4, 0.5) is 0 Å². The number of aryl methyl sites for hydroxylation is 1. The van der Waals surface area contributed by atoms with E-state index in [0.29, 0.717) is 19.5 Å². The molecule has 0 spiro atoms. The van der Waals surface area contributed by atoms with Crippen LogP contribution < -0.4 is 0 Å². The van der Waals surface area contributed by atoms with Gasteiger partial charge in [0.25, 0.3) is 0 Å². The molecule has 1 amide bonds. The standard InChI is InChI=1S/C17H18N6O/c24-17(7-10-23-12-19-20-21-23)22-8-5-13(6-9-22)15-11-18-16-4-2-1-3-14(15)16/h1-5,11-12,18H,6-10H2. The van der Waals surface area contributed by atoms with Crippen molar-refractivity contribution in [1.29, 1.82) is 0 Å². The second-order valence-electron chi connectivity index (χ2n) is 5.89. The topological polar surface area (TPSA) is 79.7 Å². The largest absolute Gasteiger partial charge is 0.361 e. The number of carbonyl (C=O) groups excluding carboxylic acids is 1. The average molecular weight is 322 g/mol. The van der Waals surface area contributed by atoms with Gasteiger partial charge in [-0.2, -0.15) is 0 Å². The number of aromatic amines is 1. The molecule has 1 aliphatic rings. The summed E-state index contributed by atoms with van der Waals surface area (Å²) in [5, 5.41) is 12.2. The second kappa shape index (κ2) is 6.27. The van der Waals surface area contributed by atoms with Crippen LogP contribution in [0.3, 0.4) is 0 Å². The van der Waals surface area contributed by atoms with Crippen LogP contribution in [0, 0.1) is 0 Å². The maximum Gasteiger partial charge on any atom is 0.224 e. The fraction of sp³-hybridized carbons (Fsp3) is 0.294. The lowest BCUT2D eigenvalue weighted by atomic mass is 9.99. The van der Waals surface area contributed by atoms with E-state index in [9.17, 15) is 4.79 Å². The lowest BCUT2D eigenvalue weighted by Crippen LogP contribution is -2.35. The van der Waals surface area contributed by atoms with Gasteiger partial charge >= 0.3 is 0 Å². The van der Waals surface area contributed by atoms with Crippen molar-refractivity contribution < 1.29 is 4.79 Å². The molecule has 122 valence electrons. The molecule has 1 aliphatic heterocycles. The Bertz CT molecular complexity index is 880. The maximum atomic E-state index is 12.3. The van der Waals surface area contributed by atoms with Crippen LogP contribution in [0.25, 0.3) is 16.5 Å². The molecule has 0 unspecified atom stereocenters. The number of amides is 1. The van der Waals surface area contributed by atoms with Gasteiger partial charge in [0.2, 0.25) is 5.91 Å².